The number of halogens is 4. The van der Waals surface area contributed by atoms with E-state index in [1.807, 2.05) is 0 Å². The molecule has 0 spiro atoms. The highest BCUT2D eigenvalue weighted by Gasteiger charge is 2.35. The third-order valence-electron chi connectivity index (χ3n) is 2.45. The number of benzene rings is 1. The first-order valence-electron chi connectivity index (χ1n) is 5.22. The van der Waals surface area contributed by atoms with Gasteiger partial charge in [0, 0.05) is 6.20 Å². The lowest BCUT2D eigenvalue weighted by Gasteiger charge is -2.10. The standard InChI is InChI=1S/C13H7F4NO/c14-11-8(4-3-5-9(11)13(15,16)17)12(19)10-6-1-2-7-18-10/h1-7H. The Labute approximate surface area is 105 Å². The van der Waals surface area contributed by atoms with Gasteiger partial charge in [-0.25, -0.2) is 4.39 Å². The Morgan fingerprint density at radius 1 is 1.05 bits per heavy atom. The summed E-state index contributed by atoms with van der Waals surface area (Å²) >= 11 is 0. The third-order valence-corrected chi connectivity index (χ3v) is 2.45. The summed E-state index contributed by atoms with van der Waals surface area (Å²) in [4.78, 5) is 15.6. The SMILES string of the molecule is O=C(c1ccccn1)c1cccc(C(F)(F)F)c1F. The van der Waals surface area contributed by atoms with Gasteiger partial charge in [-0.2, -0.15) is 13.2 Å². The van der Waals surface area contributed by atoms with Crippen LogP contribution in [0.3, 0.4) is 0 Å². The van der Waals surface area contributed by atoms with Gasteiger partial charge >= 0.3 is 6.18 Å². The number of rotatable bonds is 2. The fraction of sp³-hybridized carbons (Fsp3) is 0.0769. The molecule has 1 aromatic heterocycles. The first kappa shape index (κ1) is 13.2. The van der Waals surface area contributed by atoms with Crippen molar-refractivity contribution < 1.29 is 22.4 Å². The van der Waals surface area contributed by atoms with Crippen molar-refractivity contribution in [3.63, 3.8) is 0 Å². The monoisotopic (exact) mass is 269 g/mol. The van der Waals surface area contributed by atoms with Crippen LogP contribution >= 0.6 is 0 Å². The molecule has 19 heavy (non-hydrogen) atoms. The van der Waals surface area contributed by atoms with Gasteiger partial charge < -0.3 is 0 Å². The number of hydrogen-bond acceptors (Lipinski definition) is 2. The molecule has 0 N–H and O–H groups in total. The van der Waals surface area contributed by atoms with Crippen molar-refractivity contribution in [3.8, 4) is 0 Å². The molecule has 2 rings (SSSR count). The zero-order valence-corrected chi connectivity index (χ0v) is 9.41. The molecule has 0 aliphatic heterocycles. The van der Waals surface area contributed by atoms with Gasteiger partial charge in [-0.05, 0) is 24.3 Å². The molecule has 98 valence electrons. The molecule has 0 aliphatic carbocycles. The van der Waals surface area contributed by atoms with Crippen LogP contribution in [0.15, 0.2) is 42.6 Å². The molecule has 2 nitrogen and oxygen atoms in total. The van der Waals surface area contributed by atoms with E-state index in [1.165, 1.54) is 18.3 Å². The number of aromatic nitrogens is 1. The van der Waals surface area contributed by atoms with Crippen LogP contribution in [0.4, 0.5) is 17.6 Å². The summed E-state index contributed by atoms with van der Waals surface area (Å²) in [5.74, 6) is -2.46. The largest absolute Gasteiger partial charge is 0.419 e. The molecule has 0 fully saturated rings. The molecule has 1 aromatic carbocycles. The lowest BCUT2D eigenvalue weighted by Crippen LogP contribution is -2.13. The number of carbonyl (C=O) groups excluding carboxylic acids is 1. The summed E-state index contributed by atoms with van der Waals surface area (Å²) in [5, 5.41) is 0. The quantitative estimate of drug-likeness (QED) is 0.617. The molecule has 0 saturated heterocycles. The maximum absolute atomic E-state index is 13.7. The first-order chi connectivity index (χ1) is 8.91. The number of nitrogens with zero attached hydrogens (tertiary/aromatic N) is 1. The topological polar surface area (TPSA) is 30.0 Å². The number of hydrogen-bond donors (Lipinski definition) is 0. The van der Waals surface area contributed by atoms with Crippen molar-refractivity contribution in [1.29, 1.82) is 0 Å². The summed E-state index contributed by atoms with van der Waals surface area (Å²) in [5.41, 5.74) is -2.22. The van der Waals surface area contributed by atoms with E-state index in [9.17, 15) is 22.4 Å². The molecule has 0 unspecified atom stereocenters. The van der Waals surface area contributed by atoms with Crippen LogP contribution in [0.2, 0.25) is 0 Å². The van der Waals surface area contributed by atoms with Gasteiger partial charge in [0.05, 0.1) is 11.1 Å². The molecule has 0 atom stereocenters. The molecular formula is C13H7F4NO. The first-order valence-corrected chi connectivity index (χ1v) is 5.22. The number of alkyl halides is 3. The van der Waals surface area contributed by atoms with Gasteiger partial charge in [-0.3, -0.25) is 9.78 Å². The Hall–Kier alpha value is -2.24. The number of ketones is 1. The number of pyridine rings is 1. The average molecular weight is 269 g/mol. The van der Waals surface area contributed by atoms with Crippen molar-refractivity contribution >= 4 is 5.78 Å². The molecule has 0 amide bonds. The molecule has 2 aromatic rings. The Morgan fingerprint density at radius 2 is 1.79 bits per heavy atom. The minimum absolute atomic E-state index is 0.110. The second-order valence-electron chi connectivity index (χ2n) is 3.71. The summed E-state index contributed by atoms with van der Waals surface area (Å²) in [6.07, 6.45) is -3.54. The highest BCUT2D eigenvalue weighted by molar-refractivity contribution is 6.07. The molecule has 0 radical (unpaired) electrons. The average Bonchev–Trinajstić information content (AvgIpc) is 2.38. The van der Waals surface area contributed by atoms with Gasteiger partial charge in [-0.15, -0.1) is 0 Å². The fourth-order valence-electron chi connectivity index (χ4n) is 1.56. The summed E-state index contributed by atoms with van der Waals surface area (Å²) in [6.45, 7) is 0. The Bertz CT molecular complexity index is 608. The van der Waals surface area contributed by atoms with Crippen LogP contribution in [-0.2, 0) is 6.18 Å². The second-order valence-corrected chi connectivity index (χ2v) is 3.71. The van der Waals surface area contributed by atoms with Crippen LogP contribution in [0.5, 0.6) is 0 Å². The maximum atomic E-state index is 13.7. The predicted octanol–water partition coefficient (Wildman–Crippen LogP) is 3.47. The zero-order chi connectivity index (χ0) is 14.0. The number of carbonyl (C=O) groups is 1. The molecule has 0 bridgehead atoms. The van der Waals surface area contributed by atoms with Gasteiger partial charge in [0.2, 0.25) is 5.78 Å². The van der Waals surface area contributed by atoms with E-state index in [2.05, 4.69) is 4.98 Å². The molecular weight excluding hydrogens is 262 g/mol. The van der Waals surface area contributed by atoms with Crippen molar-refractivity contribution in [3.05, 3.63) is 65.2 Å². The van der Waals surface area contributed by atoms with Gasteiger partial charge in [0.1, 0.15) is 11.5 Å². The lowest BCUT2D eigenvalue weighted by molar-refractivity contribution is -0.140. The van der Waals surface area contributed by atoms with Crippen molar-refractivity contribution in [1.82, 2.24) is 4.98 Å². The minimum atomic E-state index is -4.84. The van der Waals surface area contributed by atoms with E-state index < -0.39 is 28.9 Å². The smallest absolute Gasteiger partial charge is 0.287 e. The fourth-order valence-corrected chi connectivity index (χ4v) is 1.56. The van der Waals surface area contributed by atoms with Crippen LogP contribution in [0.25, 0.3) is 0 Å². The van der Waals surface area contributed by atoms with Crippen LogP contribution in [-0.4, -0.2) is 10.8 Å². The van der Waals surface area contributed by atoms with Crippen molar-refractivity contribution in [2.75, 3.05) is 0 Å². The lowest BCUT2D eigenvalue weighted by atomic mass is 10.0. The minimum Gasteiger partial charge on any atom is -0.287 e. The zero-order valence-electron chi connectivity index (χ0n) is 9.41. The van der Waals surface area contributed by atoms with E-state index in [0.717, 1.165) is 12.1 Å². The second kappa shape index (κ2) is 4.79. The summed E-state index contributed by atoms with van der Waals surface area (Å²) in [7, 11) is 0. The highest BCUT2D eigenvalue weighted by Crippen LogP contribution is 2.32. The normalized spacial score (nSPS) is 11.4. The Balaban J connectivity index is 2.50. The third kappa shape index (κ3) is 2.62. The Kier molecular flexibility index (Phi) is 3.33. The van der Waals surface area contributed by atoms with E-state index in [0.29, 0.717) is 6.07 Å². The van der Waals surface area contributed by atoms with Crippen LogP contribution < -0.4 is 0 Å². The van der Waals surface area contributed by atoms with Gasteiger partial charge in [0.25, 0.3) is 0 Å². The van der Waals surface area contributed by atoms with Crippen LogP contribution in [0.1, 0.15) is 21.6 Å². The predicted molar refractivity (Wildman–Crippen MR) is 59.1 cm³/mol. The Morgan fingerprint density at radius 3 is 2.37 bits per heavy atom. The van der Waals surface area contributed by atoms with Gasteiger partial charge in [0.15, 0.2) is 0 Å². The van der Waals surface area contributed by atoms with Gasteiger partial charge in [-0.1, -0.05) is 12.1 Å². The molecule has 6 heteroatoms. The summed E-state index contributed by atoms with van der Waals surface area (Å²) in [6, 6.07) is 6.92. The van der Waals surface area contributed by atoms with Crippen molar-refractivity contribution in [2.45, 2.75) is 6.18 Å². The summed E-state index contributed by atoms with van der Waals surface area (Å²) < 4.78 is 51.3. The van der Waals surface area contributed by atoms with E-state index in [-0.39, 0.29) is 5.69 Å². The van der Waals surface area contributed by atoms with Crippen molar-refractivity contribution in [2.24, 2.45) is 0 Å². The molecule has 0 saturated carbocycles. The van der Waals surface area contributed by atoms with Crippen LogP contribution in [0, 0.1) is 5.82 Å². The molecule has 1 heterocycles. The van der Waals surface area contributed by atoms with E-state index in [4.69, 9.17) is 0 Å². The highest BCUT2D eigenvalue weighted by atomic mass is 19.4. The maximum Gasteiger partial charge on any atom is 0.419 e. The van der Waals surface area contributed by atoms with E-state index >= 15 is 0 Å². The van der Waals surface area contributed by atoms with E-state index in [1.54, 1.807) is 6.07 Å². The molecule has 0 aliphatic rings.